The Kier molecular flexibility index (Phi) is 5.49. The van der Waals surface area contributed by atoms with Gasteiger partial charge in [-0.05, 0) is 37.5 Å². The van der Waals surface area contributed by atoms with E-state index in [1.165, 1.54) is 18.2 Å². The van der Waals surface area contributed by atoms with Crippen molar-refractivity contribution in [3.63, 3.8) is 0 Å². The molecule has 0 bridgehead atoms. The molecule has 16 heavy (non-hydrogen) atoms. The molecule has 0 aliphatic heterocycles. The first kappa shape index (κ1) is 13.2. The molecule has 0 heterocycles. The predicted molar refractivity (Wildman–Crippen MR) is 67.5 cm³/mol. The molecule has 1 rings (SSSR count). The number of ether oxygens (including phenoxy) is 1. The first-order chi connectivity index (χ1) is 7.59. The van der Waals surface area contributed by atoms with Gasteiger partial charge in [0.25, 0.3) is 0 Å². The van der Waals surface area contributed by atoms with Gasteiger partial charge in [0.2, 0.25) is 0 Å². The molecule has 2 N–H and O–H groups in total. The normalized spacial score (nSPS) is 10.1. The summed E-state index contributed by atoms with van der Waals surface area (Å²) in [6, 6.07) is 4.06. The minimum atomic E-state index is -0.370. The number of thiocarbonyl (C=S) groups is 1. The molecule has 0 aromatic heterocycles. The molecule has 88 valence electrons. The number of rotatable bonds is 6. The molecule has 0 aliphatic carbocycles. The number of halogens is 2. The van der Waals surface area contributed by atoms with Crippen LogP contribution in [0.1, 0.15) is 19.3 Å². The predicted octanol–water partition coefficient (Wildman–Crippen LogP) is 3.31. The van der Waals surface area contributed by atoms with E-state index in [-0.39, 0.29) is 10.8 Å². The Bertz CT molecular complexity index is 373. The van der Waals surface area contributed by atoms with Crippen molar-refractivity contribution in [2.24, 2.45) is 5.73 Å². The molecule has 5 heteroatoms. The summed E-state index contributed by atoms with van der Waals surface area (Å²) in [6.45, 7) is 0.522. The van der Waals surface area contributed by atoms with Crippen LogP contribution in [0.2, 0.25) is 5.02 Å². The van der Waals surface area contributed by atoms with Crippen LogP contribution in [0.3, 0.4) is 0 Å². The first-order valence-corrected chi connectivity index (χ1v) is 5.74. The molecule has 0 atom stereocenters. The van der Waals surface area contributed by atoms with Crippen LogP contribution in [0, 0.1) is 5.82 Å². The molecule has 0 spiro atoms. The lowest BCUT2D eigenvalue weighted by atomic mass is 10.2. The second kappa shape index (κ2) is 6.66. The molecule has 0 saturated heterocycles. The summed E-state index contributed by atoms with van der Waals surface area (Å²) >= 11 is 10.5. The Balaban J connectivity index is 2.29. The summed E-state index contributed by atoms with van der Waals surface area (Å²) < 4.78 is 18.1. The van der Waals surface area contributed by atoms with Crippen molar-refractivity contribution >= 4 is 28.8 Å². The number of nitrogens with two attached hydrogens (primary N) is 1. The van der Waals surface area contributed by atoms with Gasteiger partial charge in [0, 0.05) is 0 Å². The highest BCUT2D eigenvalue weighted by atomic mass is 35.5. The fraction of sp³-hybridized carbons (Fsp3) is 0.364. The minimum Gasteiger partial charge on any atom is -0.492 e. The maximum absolute atomic E-state index is 12.7. The van der Waals surface area contributed by atoms with Gasteiger partial charge >= 0.3 is 0 Å². The molecule has 0 fully saturated rings. The molecule has 2 nitrogen and oxygen atoms in total. The Morgan fingerprint density at radius 2 is 2.19 bits per heavy atom. The van der Waals surface area contributed by atoms with Crippen LogP contribution in [0.15, 0.2) is 18.2 Å². The van der Waals surface area contributed by atoms with Gasteiger partial charge in [0.15, 0.2) is 0 Å². The zero-order valence-electron chi connectivity index (χ0n) is 8.71. The van der Waals surface area contributed by atoms with Crippen molar-refractivity contribution in [3.8, 4) is 5.75 Å². The maximum Gasteiger partial charge on any atom is 0.138 e. The van der Waals surface area contributed by atoms with Crippen LogP contribution in [-0.2, 0) is 0 Å². The molecule has 1 aromatic rings. The summed E-state index contributed by atoms with van der Waals surface area (Å²) in [4.78, 5) is 0.514. The Morgan fingerprint density at radius 3 is 2.81 bits per heavy atom. The summed E-state index contributed by atoms with van der Waals surface area (Å²) in [6.07, 6.45) is 2.44. The van der Waals surface area contributed by atoms with Gasteiger partial charge in [0.05, 0.1) is 16.6 Å². The van der Waals surface area contributed by atoms with Crippen molar-refractivity contribution < 1.29 is 9.13 Å². The quantitative estimate of drug-likeness (QED) is 0.630. The zero-order valence-corrected chi connectivity index (χ0v) is 10.3. The van der Waals surface area contributed by atoms with Gasteiger partial charge < -0.3 is 10.5 Å². The van der Waals surface area contributed by atoms with E-state index in [4.69, 9.17) is 34.3 Å². The van der Waals surface area contributed by atoms with Gasteiger partial charge in [0.1, 0.15) is 11.6 Å². The SMILES string of the molecule is NC(=S)CCCCOc1ccc(F)cc1Cl. The Morgan fingerprint density at radius 1 is 1.44 bits per heavy atom. The number of hydrogen-bond acceptors (Lipinski definition) is 2. The smallest absolute Gasteiger partial charge is 0.138 e. The van der Waals surface area contributed by atoms with Crippen molar-refractivity contribution in [3.05, 3.63) is 29.0 Å². The van der Waals surface area contributed by atoms with Crippen LogP contribution in [-0.4, -0.2) is 11.6 Å². The third-order valence-electron chi connectivity index (χ3n) is 1.97. The van der Waals surface area contributed by atoms with Crippen molar-refractivity contribution in [1.29, 1.82) is 0 Å². The lowest BCUT2D eigenvalue weighted by molar-refractivity contribution is 0.307. The van der Waals surface area contributed by atoms with E-state index >= 15 is 0 Å². The molecule has 0 amide bonds. The van der Waals surface area contributed by atoms with Gasteiger partial charge in [-0.15, -0.1) is 0 Å². The van der Waals surface area contributed by atoms with E-state index in [0.29, 0.717) is 17.3 Å². The Labute approximate surface area is 105 Å². The zero-order chi connectivity index (χ0) is 12.0. The van der Waals surface area contributed by atoms with Crippen LogP contribution in [0.4, 0.5) is 4.39 Å². The second-order valence-electron chi connectivity index (χ2n) is 3.35. The minimum absolute atomic E-state index is 0.286. The highest BCUT2D eigenvalue weighted by molar-refractivity contribution is 7.80. The summed E-state index contributed by atoms with van der Waals surface area (Å²) in [5, 5.41) is 0.286. The number of unbranched alkanes of at least 4 members (excludes halogenated alkanes) is 1. The van der Waals surface area contributed by atoms with Crippen molar-refractivity contribution in [1.82, 2.24) is 0 Å². The van der Waals surface area contributed by atoms with Gasteiger partial charge in [-0.25, -0.2) is 4.39 Å². The summed E-state index contributed by atoms with van der Waals surface area (Å²) in [7, 11) is 0. The largest absolute Gasteiger partial charge is 0.492 e. The standard InChI is InChI=1S/C11H13ClFNOS/c12-9-7-8(13)4-5-10(9)15-6-2-1-3-11(14)16/h4-5,7H,1-3,6H2,(H2,14,16). The number of hydrogen-bond donors (Lipinski definition) is 1. The van der Waals surface area contributed by atoms with Gasteiger partial charge in [-0.1, -0.05) is 23.8 Å². The molecular formula is C11H13ClFNOS. The van der Waals surface area contributed by atoms with E-state index < -0.39 is 0 Å². The van der Waals surface area contributed by atoms with E-state index in [2.05, 4.69) is 0 Å². The average molecular weight is 262 g/mol. The lowest BCUT2D eigenvalue weighted by Gasteiger charge is -2.07. The van der Waals surface area contributed by atoms with E-state index in [9.17, 15) is 4.39 Å². The topological polar surface area (TPSA) is 35.2 Å². The van der Waals surface area contributed by atoms with Crippen LogP contribution < -0.4 is 10.5 Å². The highest BCUT2D eigenvalue weighted by Gasteiger charge is 2.02. The van der Waals surface area contributed by atoms with E-state index in [0.717, 1.165) is 19.3 Å². The van der Waals surface area contributed by atoms with Gasteiger partial charge in [-0.2, -0.15) is 0 Å². The van der Waals surface area contributed by atoms with Crippen LogP contribution >= 0.6 is 23.8 Å². The number of benzene rings is 1. The summed E-state index contributed by atoms with van der Waals surface area (Å²) in [5.74, 6) is 0.129. The summed E-state index contributed by atoms with van der Waals surface area (Å²) in [5.41, 5.74) is 5.35. The average Bonchev–Trinajstić information content (AvgIpc) is 2.20. The highest BCUT2D eigenvalue weighted by Crippen LogP contribution is 2.24. The van der Waals surface area contributed by atoms with Crippen LogP contribution in [0.25, 0.3) is 0 Å². The third kappa shape index (κ3) is 4.77. The molecule has 0 aliphatic rings. The van der Waals surface area contributed by atoms with Crippen molar-refractivity contribution in [2.75, 3.05) is 6.61 Å². The van der Waals surface area contributed by atoms with Crippen molar-refractivity contribution in [2.45, 2.75) is 19.3 Å². The van der Waals surface area contributed by atoms with E-state index in [1.807, 2.05) is 0 Å². The molecule has 0 radical (unpaired) electrons. The first-order valence-electron chi connectivity index (χ1n) is 4.96. The Hall–Kier alpha value is -0.870. The third-order valence-corrected chi connectivity index (χ3v) is 2.47. The van der Waals surface area contributed by atoms with E-state index in [1.54, 1.807) is 0 Å². The van der Waals surface area contributed by atoms with Crippen LogP contribution in [0.5, 0.6) is 5.75 Å². The molecule has 0 unspecified atom stereocenters. The maximum atomic E-state index is 12.7. The lowest BCUT2D eigenvalue weighted by Crippen LogP contribution is -2.08. The fourth-order valence-electron chi connectivity index (χ4n) is 1.18. The monoisotopic (exact) mass is 261 g/mol. The molecule has 0 saturated carbocycles. The van der Waals surface area contributed by atoms with Gasteiger partial charge in [-0.3, -0.25) is 0 Å². The molecular weight excluding hydrogens is 249 g/mol. The second-order valence-corrected chi connectivity index (χ2v) is 4.28. The molecule has 1 aromatic carbocycles. The fourth-order valence-corrected chi connectivity index (χ4v) is 1.54.